The number of likely N-dealkylation sites (N-methyl/N-ethyl adjacent to an activating group) is 1. The van der Waals surface area contributed by atoms with Crippen molar-refractivity contribution in [2.75, 3.05) is 25.9 Å². The summed E-state index contributed by atoms with van der Waals surface area (Å²) < 4.78 is 23.8. The molecular weight excluding hydrogens is 228 g/mol. The molecule has 0 aliphatic rings. The van der Waals surface area contributed by atoms with Gasteiger partial charge in [-0.15, -0.1) is 0 Å². The Balaban J connectivity index is 3.97. The van der Waals surface area contributed by atoms with Crippen LogP contribution in [0.1, 0.15) is 27.2 Å². The summed E-state index contributed by atoms with van der Waals surface area (Å²) in [6.45, 7) is 6.19. The second-order valence-corrected chi connectivity index (χ2v) is 6.55. The predicted octanol–water partition coefficient (Wildman–Crippen LogP) is 0.430. The second kappa shape index (κ2) is 6.85. The van der Waals surface area contributed by atoms with Crippen molar-refractivity contribution in [1.82, 2.24) is 9.62 Å². The zero-order valence-corrected chi connectivity index (χ0v) is 11.3. The van der Waals surface area contributed by atoms with E-state index in [-0.39, 0.29) is 18.2 Å². The van der Waals surface area contributed by atoms with E-state index >= 15 is 0 Å². The number of nitrogens with one attached hydrogen (secondary N) is 1. The molecule has 0 bridgehead atoms. The Kier molecular flexibility index (Phi) is 6.59. The number of sulfonamides is 1. The molecule has 0 saturated heterocycles. The van der Waals surface area contributed by atoms with Gasteiger partial charge in [0.1, 0.15) is 0 Å². The van der Waals surface area contributed by atoms with Crippen molar-refractivity contribution >= 4 is 15.9 Å². The Morgan fingerprint density at radius 3 is 2.38 bits per heavy atom. The van der Waals surface area contributed by atoms with Crippen molar-refractivity contribution in [3.05, 3.63) is 0 Å². The fourth-order valence-electron chi connectivity index (χ4n) is 1.08. The van der Waals surface area contributed by atoms with Gasteiger partial charge in [0.15, 0.2) is 0 Å². The second-order valence-electron chi connectivity index (χ2n) is 4.19. The van der Waals surface area contributed by atoms with Crippen LogP contribution < -0.4 is 5.32 Å². The third kappa shape index (κ3) is 6.07. The van der Waals surface area contributed by atoms with Gasteiger partial charge >= 0.3 is 0 Å². The SMILES string of the molecule is CCS(=O)(=O)N(C)CC(=O)NCCC(C)C. The van der Waals surface area contributed by atoms with Crippen LogP contribution in [0.3, 0.4) is 0 Å². The lowest BCUT2D eigenvalue weighted by atomic mass is 10.1. The monoisotopic (exact) mass is 250 g/mol. The predicted molar refractivity (Wildman–Crippen MR) is 64.6 cm³/mol. The van der Waals surface area contributed by atoms with Gasteiger partial charge in [-0.25, -0.2) is 8.42 Å². The van der Waals surface area contributed by atoms with Crippen LogP contribution in [0.15, 0.2) is 0 Å². The molecule has 0 aromatic heterocycles. The van der Waals surface area contributed by atoms with Gasteiger partial charge in [-0.3, -0.25) is 4.79 Å². The lowest BCUT2D eigenvalue weighted by molar-refractivity contribution is -0.121. The van der Waals surface area contributed by atoms with E-state index in [1.165, 1.54) is 7.05 Å². The first-order chi connectivity index (χ1) is 7.29. The van der Waals surface area contributed by atoms with Crippen molar-refractivity contribution < 1.29 is 13.2 Å². The molecule has 0 saturated carbocycles. The van der Waals surface area contributed by atoms with Crippen LogP contribution in [0, 0.1) is 5.92 Å². The van der Waals surface area contributed by atoms with E-state index in [1.807, 2.05) is 0 Å². The van der Waals surface area contributed by atoms with Crippen LogP contribution in [0.2, 0.25) is 0 Å². The molecule has 0 aromatic carbocycles. The number of rotatable bonds is 7. The maximum absolute atomic E-state index is 11.4. The zero-order chi connectivity index (χ0) is 12.8. The molecule has 1 N–H and O–H groups in total. The Morgan fingerprint density at radius 1 is 1.38 bits per heavy atom. The Hall–Kier alpha value is -0.620. The topological polar surface area (TPSA) is 66.5 Å². The van der Waals surface area contributed by atoms with Gasteiger partial charge < -0.3 is 5.32 Å². The quantitative estimate of drug-likeness (QED) is 0.712. The van der Waals surface area contributed by atoms with Crippen LogP contribution in [0.25, 0.3) is 0 Å². The molecule has 0 aliphatic carbocycles. The number of carbonyl (C=O) groups is 1. The van der Waals surface area contributed by atoms with Gasteiger partial charge in [-0.2, -0.15) is 4.31 Å². The first-order valence-electron chi connectivity index (χ1n) is 5.50. The molecule has 0 spiro atoms. The number of hydrogen-bond acceptors (Lipinski definition) is 3. The molecule has 0 radical (unpaired) electrons. The van der Waals surface area contributed by atoms with Crippen LogP contribution >= 0.6 is 0 Å². The highest BCUT2D eigenvalue weighted by Gasteiger charge is 2.17. The number of amides is 1. The molecule has 16 heavy (non-hydrogen) atoms. The van der Waals surface area contributed by atoms with Gasteiger partial charge in [0.2, 0.25) is 15.9 Å². The van der Waals surface area contributed by atoms with E-state index in [0.717, 1.165) is 10.7 Å². The zero-order valence-electron chi connectivity index (χ0n) is 10.5. The summed E-state index contributed by atoms with van der Waals surface area (Å²) in [5, 5.41) is 2.70. The first kappa shape index (κ1) is 15.4. The Morgan fingerprint density at radius 2 is 1.94 bits per heavy atom. The molecule has 1 amide bonds. The van der Waals surface area contributed by atoms with Crippen LogP contribution in [-0.4, -0.2) is 44.5 Å². The Labute approximate surface area is 98.3 Å². The molecule has 0 fully saturated rings. The fraction of sp³-hybridized carbons (Fsp3) is 0.900. The van der Waals surface area contributed by atoms with Gasteiger partial charge in [-0.1, -0.05) is 13.8 Å². The van der Waals surface area contributed by atoms with Crippen molar-refractivity contribution in [1.29, 1.82) is 0 Å². The fourth-order valence-corrected chi connectivity index (χ4v) is 1.83. The highest BCUT2D eigenvalue weighted by Crippen LogP contribution is 1.98. The van der Waals surface area contributed by atoms with Crippen LogP contribution in [0.5, 0.6) is 0 Å². The largest absolute Gasteiger partial charge is 0.355 e. The molecule has 96 valence electrons. The van der Waals surface area contributed by atoms with Crippen molar-refractivity contribution in [3.63, 3.8) is 0 Å². The summed E-state index contributed by atoms with van der Waals surface area (Å²) in [6.07, 6.45) is 0.899. The van der Waals surface area contributed by atoms with E-state index in [4.69, 9.17) is 0 Å². The molecule has 0 unspecified atom stereocenters. The van der Waals surface area contributed by atoms with E-state index < -0.39 is 10.0 Å². The van der Waals surface area contributed by atoms with E-state index in [0.29, 0.717) is 12.5 Å². The highest BCUT2D eigenvalue weighted by molar-refractivity contribution is 7.89. The standard InChI is InChI=1S/C10H22N2O3S/c1-5-16(14,15)12(4)8-10(13)11-7-6-9(2)3/h9H,5-8H2,1-4H3,(H,11,13). The first-order valence-corrected chi connectivity index (χ1v) is 7.11. The molecule has 6 heteroatoms. The smallest absolute Gasteiger partial charge is 0.235 e. The summed E-state index contributed by atoms with van der Waals surface area (Å²) in [6, 6.07) is 0. The Bertz CT molecular complexity index is 312. The van der Waals surface area contributed by atoms with Crippen LogP contribution in [-0.2, 0) is 14.8 Å². The minimum absolute atomic E-state index is 0.0166. The lowest BCUT2D eigenvalue weighted by Crippen LogP contribution is -2.39. The molecule has 0 atom stereocenters. The van der Waals surface area contributed by atoms with Gasteiger partial charge in [0, 0.05) is 13.6 Å². The van der Waals surface area contributed by atoms with Crippen molar-refractivity contribution in [3.8, 4) is 0 Å². The molecule has 5 nitrogen and oxygen atoms in total. The lowest BCUT2D eigenvalue weighted by Gasteiger charge is -2.15. The summed E-state index contributed by atoms with van der Waals surface area (Å²) in [4.78, 5) is 11.4. The summed E-state index contributed by atoms with van der Waals surface area (Å²) in [7, 11) is -1.84. The third-order valence-electron chi connectivity index (χ3n) is 2.25. The van der Waals surface area contributed by atoms with Gasteiger partial charge in [-0.05, 0) is 19.3 Å². The summed E-state index contributed by atoms with van der Waals surface area (Å²) in [5.74, 6) is 0.292. The number of hydrogen-bond donors (Lipinski definition) is 1. The molecule has 0 aliphatic heterocycles. The van der Waals surface area contributed by atoms with E-state index in [9.17, 15) is 13.2 Å². The highest BCUT2D eigenvalue weighted by atomic mass is 32.2. The van der Waals surface area contributed by atoms with Crippen molar-refractivity contribution in [2.45, 2.75) is 27.2 Å². The minimum atomic E-state index is -3.26. The average molecular weight is 250 g/mol. The summed E-state index contributed by atoms with van der Waals surface area (Å²) in [5.41, 5.74) is 0. The molecular formula is C10H22N2O3S. The molecule has 0 heterocycles. The van der Waals surface area contributed by atoms with Crippen molar-refractivity contribution in [2.24, 2.45) is 5.92 Å². The van der Waals surface area contributed by atoms with E-state index in [2.05, 4.69) is 19.2 Å². The number of nitrogens with zero attached hydrogens (tertiary/aromatic N) is 1. The average Bonchev–Trinajstić information content (AvgIpc) is 2.16. The minimum Gasteiger partial charge on any atom is -0.355 e. The van der Waals surface area contributed by atoms with Gasteiger partial charge in [0.05, 0.1) is 12.3 Å². The number of carbonyl (C=O) groups excluding carboxylic acids is 1. The molecule has 0 aromatic rings. The molecule has 0 rings (SSSR count). The maximum Gasteiger partial charge on any atom is 0.235 e. The summed E-state index contributed by atoms with van der Waals surface area (Å²) >= 11 is 0. The van der Waals surface area contributed by atoms with Crippen LogP contribution in [0.4, 0.5) is 0 Å². The third-order valence-corrected chi connectivity index (χ3v) is 4.06. The van der Waals surface area contributed by atoms with E-state index in [1.54, 1.807) is 6.92 Å². The normalized spacial score (nSPS) is 12.1. The van der Waals surface area contributed by atoms with Gasteiger partial charge in [0.25, 0.3) is 0 Å². The maximum atomic E-state index is 11.4.